The maximum atomic E-state index is 6.13. The minimum absolute atomic E-state index is 0.383. The summed E-state index contributed by atoms with van der Waals surface area (Å²) in [5, 5.41) is 1.57. The number of rotatable bonds is 2. The summed E-state index contributed by atoms with van der Waals surface area (Å²) in [6.07, 6.45) is 5.21. The lowest BCUT2D eigenvalue weighted by Crippen LogP contribution is -2.22. The Kier molecular flexibility index (Phi) is 3.11. The number of hydrogen-bond acceptors (Lipinski definition) is 4. The van der Waals surface area contributed by atoms with E-state index in [0.29, 0.717) is 5.28 Å². The molecule has 1 aliphatic carbocycles. The molecular weight excluding hydrogens is 290 g/mol. The fourth-order valence-corrected chi connectivity index (χ4v) is 4.93. The molecule has 1 saturated heterocycles. The summed E-state index contributed by atoms with van der Waals surface area (Å²) in [5.74, 6) is 2.79. The molecule has 0 amide bonds. The van der Waals surface area contributed by atoms with Crippen molar-refractivity contribution in [3.05, 3.63) is 16.2 Å². The number of halogens is 1. The molecule has 20 heavy (non-hydrogen) atoms. The summed E-state index contributed by atoms with van der Waals surface area (Å²) in [6, 6.07) is 2.25. The molecule has 3 nitrogen and oxygen atoms in total. The molecule has 106 valence electrons. The van der Waals surface area contributed by atoms with Crippen LogP contribution in [0.2, 0.25) is 5.28 Å². The average Bonchev–Trinajstić information content (AvgIpc) is 3.09. The molecule has 0 bridgehead atoms. The van der Waals surface area contributed by atoms with Gasteiger partial charge in [0.1, 0.15) is 10.6 Å². The second-order valence-electron chi connectivity index (χ2n) is 5.96. The fraction of sp³-hybridized carbons (Fsp3) is 0.600. The van der Waals surface area contributed by atoms with Gasteiger partial charge in [-0.3, -0.25) is 0 Å². The van der Waals surface area contributed by atoms with Crippen molar-refractivity contribution in [2.45, 2.75) is 32.6 Å². The van der Waals surface area contributed by atoms with Crippen molar-refractivity contribution in [3.63, 3.8) is 0 Å². The van der Waals surface area contributed by atoms with E-state index in [1.807, 2.05) is 0 Å². The predicted molar refractivity (Wildman–Crippen MR) is 84.8 cm³/mol. The molecule has 2 unspecified atom stereocenters. The smallest absolute Gasteiger partial charge is 0.225 e. The van der Waals surface area contributed by atoms with Gasteiger partial charge >= 0.3 is 0 Å². The van der Waals surface area contributed by atoms with E-state index in [9.17, 15) is 0 Å². The molecular formula is C15H18ClN3S. The molecule has 0 spiro atoms. The van der Waals surface area contributed by atoms with E-state index in [0.717, 1.165) is 42.0 Å². The Morgan fingerprint density at radius 1 is 1.30 bits per heavy atom. The topological polar surface area (TPSA) is 29.0 Å². The number of thiophene rings is 1. The maximum Gasteiger partial charge on any atom is 0.225 e. The zero-order valence-electron chi connectivity index (χ0n) is 11.6. The standard InChI is InChI=1S/C15H18ClN3S/c1-2-11-6-12-13(17-15(16)18-14(12)20-11)19-7-9-4-3-5-10(9)8-19/h6,9-10H,2-5,7-8H2,1H3. The second-order valence-corrected chi connectivity index (χ2v) is 7.41. The zero-order chi connectivity index (χ0) is 13.7. The molecule has 1 saturated carbocycles. The Balaban J connectivity index is 1.77. The zero-order valence-corrected chi connectivity index (χ0v) is 13.2. The molecule has 2 atom stereocenters. The minimum atomic E-state index is 0.383. The lowest BCUT2D eigenvalue weighted by atomic mass is 10.0. The van der Waals surface area contributed by atoms with E-state index in [-0.39, 0.29) is 0 Å². The van der Waals surface area contributed by atoms with Gasteiger partial charge in [-0.25, -0.2) is 4.98 Å². The van der Waals surface area contributed by atoms with Crippen molar-refractivity contribution in [2.24, 2.45) is 11.8 Å². The van der Waals surface area contributed by atoms with Crippen LogP contribution in [0.3, 0.4) is 0 Å². The Labute approximate surface area is 128 Å². The van der Waals surface area contributed by atoms with Crippen molar-refractivity contribution in [1.82, 2.24) is 9.97 Å². The van der Waals surface area contributed by atoms with Gasteiger partial charge in [-0.1, -0.05) is 13.3 Å². The van der Waals surface area contributed by atoms with Gasteiger partial charge in [0.25, 0.3) is 0 Å². The van der Waals surface area contributed by atoms with Crippen molar-refractivity contribution >= 4 is 39.0 Å². The van der Waals surface area contributed by atoms with Crippen LogP contribution in [0.5, 0.6) is 0 Å². The Morgan fingerprint density at radius 2 is 2.05 bits per heavy atom. The Bertz CT molecular complexity index is 642. The number of aromatic nitrogens is 2. The first-order valence-corrected chi connectivity index (χ1v) is 8.65. The third-order valence-electron chi connectivity index (χ3n) is 4.77. The first kappa shape index (κ1) is 12.8. The van der Waals surface area contributed by atoms with Gasteiger partial charge in [0, 0.05) is 18.0 Å². The second kappa shape index (κ2) is 4.85. The first-order valence-electron chi connectivity index (χ1n) is 7.45. The third kappa shape index (κ3) is 2.01. The SMILES string of the molecule is CCc1cc2c(N3CC4CCCC4C3)nc(Cl)nc2s1. The van der Waals surface area contributed by atoms with E-state index in [1.54, 1.807) is 11.3 Å². The Hall–Kier alpha value is -0.870. The number of hydrogen-bond donors (Lipinski definition) is 0. The third-order valence-corrected chi connectivity index (χ3v) is 6.11. The van der Waals surface area contributed by atoms with E-state index in [2.05, 4.69) is 27.9 Å². The molecule has 5 heteroatoms. The fourth-order valence-electron chi connectivity index (χ4n) is 3.75. The van der Waals surface area contributed by atoms with Crippen molar-refractivity contribution < 1.29 is 0 Å². The molecule has 0 N–H and O–H groups in total. The van der Waals surface area contributed by atoms with Gasteiger partial charge in [-0.2, -0.15) is 4.98 Å². The molecule has 0 aromatic carbocycles. The molecule has 3 heterocycles. The average molecular weight is 308 g/mol. The highest BCUT2D eigenvalue weighted by Crippen LogP contribution is 2.41. The molecule has 2 fully saturated rings. The summed E-state index contributed by atoms with van der Waals surface area (Å²) in [4.78, 5) is 13.8. The highest BCUT2D eigenvalue weighted by atomic mass is 35.5. The van der Waals surface area contributed by atoms with Gasteiger partial charge in [-0.05, 0) is 48.8 Å². The molecule has 1 aliphatic heterocycles. The summed E-state index contributed by atoms with van der Waals surface area (Å²) in [5.41, 5.74) is 0. The van der Waals surface area contributed by atoms with Crippen LogP contribution >= 0.6 is 22.9 Å². The highest BCUT2D eigenvalue weighted by molar-refractivity contribution is 7.18. The van der Waals surface area contributed by atoms with Crippen LogP contribution in [0.1, 0.15) is 31.1 Å². The molecule has 4 rings (SSSR count). The van der Waals surface area contributed by atoms with Gasteiger partial charge in [0.05, 0.1) is 5.39 Å². The van der Waals surface area contributed by atoms with Gasteiger partial charge in [0.15, 0.2) is 0 Å². The molecule has 2 aromatic heterocycles. The van der Waals surface area contributed by atoms with E-state index in [4.69, 9.17) is 11.6 Å². The van der Waals surface area contributed by atoms with Crippen molar-refractivity contribution in [1.29, 1.82) is 0 Å². The number of fused-ring (bicyclic) bond motifs is 2. The van der Waals surface area contributed by atoms with Crippen molar-refractivity contribution in [3.8, 4) is 0 Å². The monoisotopic (exact) mass is 307 g/mol. The molecule has 2 aliphatic rings. The van der Waals surface area contributed by atoms with E-state index >= 15 is 0 Å². The lowest BCUT2D eigenvalue weighted by molar-refractivity contribution is 0.494. The van der Waals surface area contributed by atoms with Gasteiger partial charge in [-0.15, -0.1) is 11.3 Å². The highest BCUT2D eigenvalue weighted by Gasteiger charge is 2.37. The van der Waals surface area contributed by atoms with Crippen LogP contribution in [0.4, 0.5) is 5.82 Å². The number of aryl methyl sites for hydroxylation is 1. The van der Waals surface area contributed by atoms with Gasteiger partial charge < -0.3 is 4.90 Å². The lowest BCUT2D eigenvalue weighted by Gasteiger charge is -2.19. The maximum absolute atomic E-state index is 6.13. The van der Waals surface area contributed by atoms with Crippen LogP contribution in [0.25, 0.3) is 10.2 Å². The Morgan fingerprint density at radius 3 is 2.75 bits per heavy atom. The van der Waals surface area contributed by atoms with Crippen LogP contribution in [-0.4, -0.2) is 23.1 Å². The summed E-state index contributed by atoms with van der Waals surface area (Å²) in [6.45, 7) is 4.47. The van der Waals surface area contributed by atoms with Crippen molar-refractivity contribution in [2.75, 3.05) is 18.0 Å². The van der Waals surface area contributed by atoms with Crippen LogP contribution in [0, 0.1) is 11.8 Å². The first-order chi connectivity index (χ1) is 9.74. The summed E-state index contributed by atoms with van der Waals surface area (Å²) >= 11 is 7.88. The van der Waals surface area contributed by atoms with Crippen LogP contribution in [-0.2, 0) is 6.42 Å². The van der Waals surface area contributed by atoms with Gasteiger partial charge in [0.2, 0.25) is 5.28 Å². The summed E-state index contributed by atoms with van der Waals surface area (Å²) < 4.78 is 0. The van der Waals surface area contributed by atoms with Crippen LogP contribution < -0.4 is 4.90 Å². The summed E-state index contributed by atoms with van der Waals surface area (Å²) in [7, 11) is 0. The molecule has 0 radical (unpaired) electrons. The van der Waals surface area contributed by atoms with E-state index in [1.165, 1.54) is 29.5 Å². The minimum Gasteiger partial charge on any atom is -0.355 e. The predicted octanol–water partition coefficient (Wildman–Crippen LogP) is 4.14. The normalized spacial score (nSPS) is 25.6. The number of anilines is 1. The number of nitrogens with zero attached hydrogens (tertiary/aromatic N) is 3. The largest absolute Gasteiger partial charge is 0.355 e. The van der Waals surface area contributed by atoms with E-state index < -0.39 is 0 Å². The molecule has 2 aromatic rings. The quantitative estimate of drug-likeness (QED) is 0.781. The van der Waals surface area contributed by atoms with Crippen LogP contribution in [0.15, 0.2) is 6.07 Å².